The Bertz CT molecular complexity index is 431. The molecule has 84 valence electrons. The minimum atomic E-state index is -3.28. The SMILES string of the molecule is CC(C)CS(=O)(=O)Nc1cc(Br)ccn1. The third kappa shape index (κ3) is 4.61. The molecule has 0 aliphatic carbocycles. The summed E-state index contributed by atoms with van der Waals surface area (Å²) < 4.78 is 26.3. The minimum absolute atomic E-state index is 0.0923. The molecule has 1 aromatic rings. The predicted octanol–water partition coefficient (Wildman–Crippen LogP) is 2.24. The largest absolute Gasteiger partial charge is 0.267 e. The van der Waals surface area contributed by atoms with Gasteiger partial charge in [0.05, 0.1) is 5.75 Å². The third-order valence-electron chi connectivity index (χ3n) is 1.53. The summed E-state index contributed by atoms with van der Waals surface area (Å²) in [5.41, 5.74) is 0. The summed E-state index contributed by atoms with van der Waals surface area (Å²) in [5.74, 6) is 0.529. The Morgan fingerprint density at radius 2 is 2.20 bits per heavy atom. The van der Waals surface area contributed by atoms with E-state index in [4.69, 9.17) is 0 Å². The lowest BCUT2D eigenvalue weighted by Crippen LogP contribution is -2.20. The minimum Gasteiger partial charge on any atom is -0.267 e. The number of nitrogens with one attached hydrogen (secondary N) is 1. The average molecular weight is 293 g/mol. The van der Waals surface area contributed by atoms with Crippen molar-refractivity contribution in [1.29, 1.82) is 0 Å². The van der Waals surface area contributed by atoms with Crippen molar-refractivity contribution < 1.29 is 8.42 Å². The van der Waals surface area contributed by atoms with Crippen LogP contribution in [-0.2, 0) is 10.0 Å². The first-order valence-corrected chi connectivity index (χ1v) is 6.95. The molecule has 1 N–H and O–H groups in total. The lowest BCUT2D eigenvalue weighted by atomic mass is 10.3. The van der Waals surface area contributed by atoms with Gasteiger partial charge in [-0.3, -0.25) is 4.72 Å². The summed E-state index contributed by atoms with van der Waals surface area (Å²) in [6, 6.07) is 3.36. The number of anilines is 1. The van der Waals surface area contributed by atoms with Crippen LogP contribution in [-0.4, -0.2) is 19.2 Å². The first-order chi connectivity index (χ1) is 6.89. The van der Waals surface area contributed by atoms with Gasteiger partial charge in [-0.05, 0) is 18.1 Å². The van der Waals surface area contributed by atoms with Crippen molar-refractivity contribution in [2.24, 2.45) is 5.92 Å². The van der Waals surface area contributed by atoms with E-state index in [1.807, 2.05) is 13.8 Å². The van der Waals surface area contributed by atoms with E-state index in [2.05, 4.69) is 25.6 Å². The molecule has 4 nitrogen and oxygen atoms in total. The van der Waals surface area contributed by atoms with Crippen molar-refractivity contribution in [3.63, 3.8) is 0 Å². The molecule has 1 heterocycles. The summed E-state index contributed by atoms with van der Waals surface area (Å²) in [7, 11) is -3.28. The summed E-state index contributed by atoms with van der Waals surface area (Å²) in [4.78, 5) is 3.91. The Labute approximate surface area is 98.3 Å². The molecule has 1 aromatic heterocycles. The fourth-order valence-electron chi connectivity index (χ4n) is 1.10. The quantitative estimate of drug-likeness (QED) is 0.926. The van der Waals surface area contributed by atoms with E-state index in [0.29, 0.717) is 5.82 Å². The van der Waals surface area contributed by atoms with Crippen molar-refractivity contribution in [3.05, 3.63) is 22.8 Å². The second-order valence-electron chi connectivity index (χ2n) is 3.64. The lowest BCUT2D eigenvalue weighted by Gasteiger charge is -2.08. The van der Waals surface area contributed by atoms with Crippen LogP contribution in [0.5, 0.6) is 0 Å². The lowest BCUT2D eigenvalue weighted by molar-refractivity contribution is 0.587. The zero-order chi connectivity index (χ0) is 11.5. The number of halogens is 1. The molecule has 0 spiro atoms. The number of rotatable bonds is 4. The molecular formula is C9H13BrN2O2S. The Balaban J connectivity index is 2.78. The maximum absolute atomic E-state index is 11.6. The molecule has 0 bridgehead atoms. The van der Waals surface area contributed by atoms with Crippen molar-refractivity contribution >= 4 is 31.8 Å². The molecule has 0 aliphatic rings. The van der Waals surface area contributed by atoms with Crippen LogP contribution >= 0.6 is 15.9 Å². The summed E-state index contributed by atoms with van der Waals surface area (Å²) >= 11 is 3.25. The molecule has 0 radical (unpaired) electrons. The van der Waals surface area contributed by atoms with E-state index in [-0.39, 0.29) is 11.7 Å². The molecule has 6 heteroatoms. The van der Waals surface area contributed by atoms with Crippen LogP contribution in [0.2, 0.25) is 0 Å². The Kier molecular flexibility index (Phi) is 4.10. The van der Waals surface area contributed by atoms with Gasteiger partial charge < -0.3 is 0 Å². The second-order valence-corrected chi connectivity index (χ2v) is 6.32. The van der Waals surface area contributed by atoms with E-state index in [1.165, 1.54) is 6.20 Å². The van der Waals surface area contributed by atoms with Crippen molar-refractivity contribution in [2.45, 2.75) is 13.8 Å². The fourth-order valence-corrected chi connectivity index (χ4v) is 2.83. The Morgan fingerprint density at radius 3 is 2.73 bits per heavy atom. The number of pyridine rings is 1. The number of aromatic nitrogens is 1. The number of hydrogen-bond donors (Lipinski definition) is 1. The van der Waals surface area contributed by atoms with Crippen molar-refractivity contribution in [1.82, 2.24) is 4.98 Å². The van der Waals surface area contributed by atoms with E-state index in [0.717, 1.165) is 4.47 Å². The number of sulfonamides is 1. The van der Waals surface area contributed by atoms with Gasteiger partial charge in [0.1, 0.15) is 5.82 Å². The summed E-state index contributed by atoms with van der Waals surface area (Å²) in [6.45, 7) is 3.71. The fraction of sp³-hybridized carbons (Fsp3) is 0.444. The Morgan fingerprint density at radius 1 is 1.53 bits per heavy atom. The maximum atomic E-state index is 11.6. The van der Waals surface area contributed by atoms with Gasteiger partial charge >= 0.3 is 0 Å². The van der Waals surface area contributed by atoms with Crippen LogP contribution in [0, 0.1) is 5.92 Å². The Hall–Kier alpha value is -0.620. The molecule has 0 aromatic carbocycles. The normalized spacial score (nSPS) is 11.7. The first-order valence-electron chi connectivity index (χ1n) is 4.51. The first kappa shape index (κ1) is 12.4. The van der Waals surface area contributed by atoms with Crippen LogP contribution in [0.15, 0.2) is 22.8 Å². The third-order valence-corrected chi connectivity index (χ3v) is 3.65. The number of nitrogens with zero attached hydrogens (tertiary/aromatic N) is 1. The molecule has 15 heavy (non-hydrogen) atoms. The average Bonchev–Trinajstić information content (AvgIpc) is 1.99. The highest BCUT2D eigenvalue weighted by Crippen LogP contribution is 2.14. The summed E-state index contributed by atoms with van der Waals surface area (Å²) in [6.07, 6.45) is 1.54. The predicted molar refractivity (Wildman–Crippen MR) is 64.2 cm³/mol. The van der Waals surface area contributed by atoms with Gasteiger partial charge in [-0.25, -0.2) is 13.4 Å². The second kappa shape index (κ2) is 4.94. The molecule has 1 rings (SSSR count). The van der Waals surface area contributed by atoms with Crippen molar-refractivity contribution in [3.8, 4) is 0 Å². The molecular weight excluding hydrogens is 280 g/mol. The van der Waals surface area contributed by atoms with Crippen LogP contribution in [0.4, 0.5) is 5.82 Å². The highest BCUT2D eigenvalue weighted by atomic mass is 79.9. The molecule has 0 fully saturated rings. The van der Waals surface area contributed by atoms with Gasteiger partial charge in [-0.2, -0.15) is 0 Å². The smallest absolute Gasteiger partial charge is 0.234 e. The van der Waals surface area contributed by atoms with E-state index < -0.39 is 10.0 Å². The van der Waals surface area contributed by atoms with Crippen molar-refractivity contribution in [2.75, 3.05) is 10.5 Å². The topological polar surface area (TPSA) is 59.1 Å². The standard InChI is InChI=1S/C9H13BrN2O2S/c1-7(2)6-15(13,14)12-9-5-8(10)3-4-11-9/h3-5,7H,6H2,1-2H3,(H,11,12). The highest BCUT2D eigenvalue weighted by molar-refractivity contribution is 9.10. The van der Waals surface area contributed by atoms with Crippen LogP contribution in [0.3, 0.4) is 0 Å². The molecule has 0 saturated heterocycles. The van der Waals surface area contributed by atoms with E-state index in [9.17, 15) is 8.42 Å². The summed E-state index contributed by atoms with van der Waals surface area (Å²) in [5, 5.41) is 0. The van der Waals surface area contributed by atoms with Gasteiger partial charge in [-0.1, -0.05) is 29.8 Å². The van der Waals surface area contributed by atoms with Gasteiger partial charge in [0.15, 0.2) is 0 Å². The molecule has 0 saturated carbocycles. The van der Waals surface area contributed by atoms with Gasteiger partial charge in [-0.15, -0.1) is 0 Å². The van der Waals surface area contributed by atoms with Gasteiger partial charge in [0, 0.05) is 10.7 Å². The monoisotopic (exact) mass is 292 g/mol. The van der Waals surface area contributed by atoms with Crippen LogP contribution < -0.4 is 4.72 Å². The van der Waals surface area contributed by atoms with Crippen LogP contribution in [0.25, 0.3) is 0 Å². The van der Waals surface area contributed by atoms with Gasteiger partial charge in [0.2, 0.25) is 10.0 Å². The molecule has 0 atom stereocenters. The molecule has 0 amide bonds. The number of hydrogen-bond acceptors (Lipinski definition) is 3. The van der Waals surface area contributed by atoms with Gasteiger partial charge in [0.25, 0.3) is 0 Å². The highest BCUT2D eigenvalue weighted by Gasteiger charge is 2.13. The maximum Gasteiger partial charge on any atom is 0.234 e. The molecule has 0 aliphatic heterocycles. The molecule has 0 unspecified atom stereocenters. The zero-order valence-corrected chi connectivity index (χ0v) is 11.0. The van der Waals surface area contributed by atoms with E-state index in [1.54, 1.807) is 12.1 Å². The van der Waals surface area contributed by atoms with E-state index >= 15 is 0 Å². The zero-order valence-electron chi connectivity index (χ0n) is 8.57. The van der Waals surface area contributed by atoms with Crippen LogP contribution in [0.1, 0.15) is 13.8 Å².